The molecule has 0 saturated carbocycles. The average molecular weight is 574 g/mol. The fraction of sp³-hybridized carbons (Fsp3) is 0.955. The number of hydrogen-bond acceptors (Lipinski definition) is 16. The molecule has 0 aliphatic carbocycles. The molecule has 3 saturated heterocycles. The molecule has 0 spiro atoms. The number of alkyl carbamates (subject to hydrolysis) is 1. The fourth-order valence-electron chi connectivity index (χ4n) is 4.53. The summed E-state index contributed by atoms with van der Waals surface area (Å²) in [7, 11) is 0. The molecule has 3 fully saturated rings. The number of aliphatic hydroxyl groups is 9. The van der Waals surface area contributed by atoms with Gasteiger partial charge in [0.15, 0.2) is 6.29 Å². The SMILES string of the molecule is CCCNC(=O)OC[C@H]1O[C@@](CO[C@]2(CO)O[C@H](CO)[C@H](O)C2O)(O[C@H]2OC(CO)[C@@H](O)CC2O)C(O)[C@H]1O. The van der Waals surface area contributed by atoms with Gasteiger partial charge in [-0.25, -0.2) is 4.79 Å². The van der Waals surface area contributed by atoms with Crippen molar-refractivity contribution < 1.29 is 79.2 Å². The van der Waals surface area contributed by atoms with Crippen LogP contribution in [0.4, 0.5) is 4.79 Å². The molecule has 3 aliphatic heterocycles. The highest BCUT2D eigenvalue weighted by Crippen LogP contribution is 2.40. The van der Waals surface area contributed by atoms with E-state index in [-0.39, 0.29) is 6.42 Å². The lowest BCUT2D eigenvalue weighted by molar-refractivity contribution is -0.392. The standard InChI is InChI=1S/C22H39NO16/c1-2-3-23-20(33)34-7-14-16(30)18(32)22(38-14,39-19-11(28)4-10(27)12(5-24)36-19)9-35-21(8-26)17(31)15(29)13(6-25)37-21/h10-19,24-32H,2-9H2,1H3,(H,23,33)/t10-,11?,12?,13+,14+,15-,16-,17?,18?,19+,21+,22-/m0/s1. The molecule has 17 heteroatoms. The zero-order valence-corrected chi connectivity index (χ0v) is 21.3. The van der Waals surface area contributed by atoms with Gasteiger partial charge < -0.3 is 79.7 Å². The van der Waals surface area contributed by atoms with Crippen molar-refractivity contribution in [2.45, 2.75) is 92.6 Å². The molecule has 228 valence electrons. The molecule has 12 atom stereocenters. The maximum absolute atomic E-state index is 11.9. The number of aliphatic hydroxyl groups excluding tert-OH is 9. The van der Waals surface area contributed by atoms with Crippen LogP contribution in [-0.2, 0) is 28.4 Å². The average Bonchev–Trinajstić information content (AvgIpc) is 3.31. The van der Waals surface area contributed by atoms with E-state index in [9.17, 15) is 50.8 Å². The maximum atomic E-state index is 11.9. The second-order valence-corrected chi connectivity index (χ2v) is 9.68. The lowest BCUT2D eigenvalue weighted by atomic mass is 10.0. The van der Waals surface area contributed by atoms with E-state index in [0.717, 1.165) is 0 Å². The van der Waals surface area contributed by atoms with Gasteiger partial charge in [-0.15, -0.1) is 0 Å². The third-order valence-corrected chi connectivity index (χ3v) is 6.86. The predicted octanol–water partition coefficient (Wildman–Crippen LogP) is -5.40. The van der Waals surface area contributed by atoms with Gasteiger partial charge in [0, 0.05) is 13.0 Å². The first kappa shape index (κ1) is 32.2. The van der Waals surface area contributed by atoms with Crippen LogP contribution in [0.5, 0.6) is 0 Å². The van der Waals surface area contributed by atoms with E-state index >= 15 is 0 Å². The van der Waals surface area contributed by atoms with Crippen molar-refractivity contribution in [1.29, 1.82) is 0 Å². The minimum atomic E-state index is -2.44. The van der Waals surface area contributed by atoms with Gasteiger partial charge in [0.2, 0.25) is 11.6 Å². The number of carbonyl (C=O) groups excluding carboxylic acids is 1. The second kappa shape index (κ2) is 13.6. The van der Waals surface area contributed by atoms with Crippen molar-refractivity contribution in [2.75, 3.05) is 39.6 Å². The number of ether oxygens (including phenoxy) is 6. The number of nitrogens with one attached hydrogen (secondary N) is 1. The van der Waals surface area contributed by atoms with Gasteiger partial charge in [0.25, 0.3) is 0 Å². The lowest BCUT2D eigenvalue weighted by Gasteiger charge is -2.42. The van der Waals surface area contributed by atoms with Crippen LogP contribution in [0, 0.1) is 0 Å². The van der Waals surface area contributed by atoms with Crippen molar-refractivity contribution in [3.8, 4) is 0 Å². The normalized spacial score (nSPS) is 44.5. The van der Waals surface area contributed by atoms with Crippen molar-refractivity contribution in [2.24, 2.45) is 0 Å². The van der Waals surface area contributed by atoms with E-state index < -0.39 is 112 Å². The van der Waals surface area contributed by atoms with E-state index in [4.69, 9.17) is 28.4 Å². The van der Waals surface area contributed by atoms with Gasteiger partial charge >= 0.3 is 6.09 Å². The quantitative estimate of drug-likeness (QED) is 0.104. The Morgan fingerprint density at radius 1 is 0.897 bits per heavy atom. The lowest BCUT2D eigenvalue weighted by Crippen LogP contribution is -2.59. The fourth-order valence-corrected chi connectivity index (χ4v) is 4.53. The first-order chi connectivity index (χ1) is 18.5. The molecule has 3 heterocycles. The highest BCUT2D eigenvalue weighted by Gasteiger charge is 2.61. The van der Waals surface area contributed by atoms with Gasteiger partial charge in [-0.2, -0.15) is 0 Å². The van der Waals surface area contributed by atoms with Crippen LogP contribution in [0.2, 0.25) is 0 Å². The van der Waals surface area contributed by atoms with Crippen molar-refractivity contribution in [3.63, 3.8) is 0 Å². The maximum Gasteiger partial charge on any atom is 0.407 e. The molecule has 3 rings (SSSR count). The molecule has 0 bridgehead atoms. The topological polar surface area (TPSA) is 267 Å². The van der Waals surface area contributed by atoms with Gasteiger partial charge in [-0.3, -0.25) is 0 Å². The zero-order valence-electron chi connectivity index (χ0n) is 21.3. The van der Waals surface area contributed by atoms with Crippen LogP contribution < -0.4 is 5.32 Å². The summed E-state index contributed by atoms with van der Waals surface area (Å²) in [5, 5.41) is 94.0. The van der Waals surface area contributed by atoms with Crippen LogP contribution in [0.15, 0.2) is 0 Å². The van der Waals surface area contributed by atoms with E-state index in [2.05, 4.69) is 5.32 Å². The summed E-state index contributed by atoms with van der Waals surface area (Å²) in [6.45, 7) is -1.80. The summed E-state index contributed by atoms with van der Waals surface area (Å²) in [6, 6.07) is 0. The Balaban J connectivity index is 1.84. The number of carbonyl (C=O) groups is 1. The largest absolute Gasteiger partial charge is 0.447 e. The predicted molar refractivity (Wildman–Crippen MR) is 122 cm³/mol. The van der Waals surface area contributed by atoms with E-state index in [1.165, 1.54) is 0 Å². The number of rotatable bonds is 12. The summed E-state index contributed by atoms with van der Waals surface area (Å²) in [4.78, 5) is 11.9. The van der Waals surface area contributed by atoms with Crippen LogP contribution in [-0.4, -0.2) is 164 Å². The Morgan fingerprint density at radius 2 is 1.51 bits per heavy atom. The van der Waals surface area contributed by atoms with Gasteiger partial charge in [-0.1, -0.05) is 6.92 Å². The number of amides is 1. The molecule has 0 aromatic carbocycles. The first-order valence-electron chi connectivity index (χ1n) is 12.6. The molecule has 4 unspecified atom stereocenters. The van der Waals surface area contributed by atoms with E-state index in [1.54, 1.807) is 0 Å². The molecule has 39 heavy (non-hydrogen) atoms. The molecule has 17 nitrogen and oxygen atoms in total. The van der Waals surface area contributed by atoms with Crippen molar-refractivity contribution in [3.05, 3.63) is 0 Å². The molecular weight excluding hydrogens is 534 g/mol. The monoisotopic (exact) mass is 573 g/mol. The van der Waals surface area contributed by atoms with Crippen LogP contribution in [0.25, 0.3) is 0 Å². The Hall–Kier alpha value is -1.29. The van der Waals surface area contributed by atoms with Crippen LogP contribution in [0.3, 0.4) is 0 Å². The summed E-state index contributed by atoms with van der Waals surface area (Å²) in [6.07, 6.45) is -16.2. The summed E-state index contributed by atoms with van der Waals surface area (Å²) < 4.78 is 32.8. The Morgan fingerprint density at radius 3 is 2.10 bits per heavy atom. The third kappa shape index (κ3) is 6.79. The summed E-state index contributed by atoms with van der Waals surface area (Å²) in [5.74, 6) is -4.77. The molecule has 0 aromatic rings. The van der Waals surface area contributed by atoms with Gasteiger partial charge in [0.05, 0.1) is 19.3 Å². The highest BCUT2D eigenvalue weighted by atomic mass is 16.8. The van der Waals surface area contributed by atoms with E-state index in [1.807, 2.05) is 6.92 Å². The summed E-state index contributed by atoms with van der Waals surface area (Å²) in [5.41, 5.74) is 0. The van der Waals surface area contributed by atoms with Gasteiger partial charge in [0.1, 0.15) is 68.7 Å². The van der Waals surface area contributed by atoms with E-state index in [0.29, 0.717) is 13.0 Å². The van der Waals surface area contributed by atoms with Gasteiger partial charge in [-0.05, 0) is 6.42 Å². The molecule has 0 aromatic heterocycles. The third-order valence-electron chi connectivity index (χ3n) is 6.86. The number of hydrogen-bond donors (Lipinski definition) is 10. The highest BCUT2D eigenvalue weighted by molar-refractivity contribution is 5.67. The minimum Gasteiger partial charge on any atom is -0.447 e. The smallest absolute Gasteiger partial charge is 0.407 e. The minimum absolute atomic E-state index is 0.303. The van der Waals surface area contributed by atoms with Crippen LogP contribution >= 0.6 is 0 Å². The molecule has 0 radical (unpaired) electrons. The second-order valence-electron chi connectivity index (χ2n) is 9.68. The molecule has 3 aliphatic rings. The van der Waals surface area contributed by atoms with Crippen molar-refractivity contribution in [1.82, 2.24) is 5.32 Å². The Bertz CT molecular complexity index is 793. The summed E-state index contributed by atoms with van der Waals surface area (Å²) >= 11 is 0. The zero-order chi connectivity index (χ0) is 29.0. The molecule has 10 N–H and O–H groups in total. The van der Waals surface area contributed by atoms with Crippen molar-refractivity contribution >= 4 is 6.09 Å². The Kier molecular flexibility index (Phi) is 11.2. The van der Waals surface area contributed by atoms with Crippen LogP contribution in [0.1, 0.15) is 19.8 Å². The molecule has 1 amide bonds. The first-order valence-corrected chi connectivity index (χ1v) is 12.6. The molecular formula is C22H39NO16. The Labute approximate surface area is 223 Å².